The van der Waals surface area contributed by atoms with Crippen molar-refractivity contribution in [2.24, 2.45) is 17.6 Å². The summed E-state index contributed by atoms with van der Waals surface area (Å²) in [5.74, 6) is 0.992. The number of rotatable bonds is 1. The minimum Gasteiger partial charge on any atom is -0.390 e. The zero-order chi connectivity index (χ0) is 10.1. The molecule has 2 saturated carbocycles. The molecular formula is C11H21NO2. The average molecular weight is 199 g/mol. The molecule has 82 valence electrons. The van der Waals surface area contributed by atoms with E-state index in [0.717, 1.165) is 0 Å². The van der Waals surface area contributed by atoms with E-state index in [-0.39, 0.29) is 6.04 Å². The van der Waals surface area contributed by atoms with Crippen LogP contribution in [0.2, 0.25) is 0 Å². The third-order valence-corrected chi connectivity index (χ3v) is 4.05. The van der Waals surface area contributed by atoms with Crippen LogP contribution >= 0.6 is 0 Å². The Morgan fingerprint density at radius 3 is 2.14 bits per heavy atom. The van der Waals surface area contributed by atoms with Crippen molar-refractivity contribution in [1.82, 2.24) is 0 Å². The molecule has 0 heterocycles. The highest BCUT2D eigenvalue weighted by atomic mass is 16.3. The molecule has 2 aliphatic rings. The molecule has 2 rings (SSSR count). The molecule has 0 unspecified atom stereocenters. The summed E-state index contributed by atoms with van der Waals surface area (Å²) in [6, 6.07) is -0.201. The van der Waals surface area contributed by atoms with E-state index >= 15 is 0 Å². The van der Waals surface area contributed by atoms with Crippen LogP contribution in [0.25, 0.3) is 0 Å². The van der Waals surface area contributed by atoms with Gasteiger partial charge >= 0.3 is 0 Å². The second-order valence-corrected chi connectivity index (χ2v) is 4.93. The van der Waals surface area contributed by atoms with Crippen molar-refractivity contribution in [2.45, 2.75) is 56.8 Å². The van der Waals surface area contributed by atoms with Crippen LogP contribution in [-0.4, -0.2) is 28.5 Å². The zero-order valence-electron chi connectivity index (χ0n) is 8.60. The average Bonchev–Trinajstić information content (AvgIpc) is 2.47. The first kappa shape index (κ1) is 10.4. The topological polar surface area (TPSA) is 66.5 Å². The van der Waals surface area contributed by atoms with Crippen molar-refractivity contribution in [3.8, 4) is 0 Å². The second kappa shape index (κ2) is 4.17. The summed E-state index contributed by atoms with van der Waals surface area (Å²) < 4.78 is 0. The molecule has 4 N–H and O–H groups in total. The minimum atomic E-state index is -0.693. The number of aliphatic hydroxyl groups excluding tert-OH is 2. The SMILES string of the molecule is N[C@H]1[C@H](O)[C@H](O)C[C@@H]1C1CCCCC1. The van der Waals surface area contributed by atoms with Crippen molar-refractivity contribution < 1.29 is 10.2 Å². The number of hydrogen-bond acceptors (Lipinski definition) is 3. The maximum Gasteiger partial charge on any atom is 0.0952 e. The fourth-order valence-corrected chi connectivity index (χ4v) is 3.15. The molecule has 0 aliphatic heterocycles. The van der Waals surface area contributed by atoms with Crippen molar-refractivity contribution >= 4 is 0 Å². The Morgan fingerprint density at radius 1 is 1.00 bits per heavy atom. The molecule has 3 nitrogen and oxygen atoms in total. The summed E-state index contributed by atoms with van der Waals surface area (Å²) in [5.41, 5.74) is 5.93. The van der Waals surface area contributed by atoms with Crippen LogP contribution in [0, 0.1) is 11.8 Å². The third kappa shape index (κ3) is 1.81. The standard InChI is InChI=1S/C11H21NO2/c12-10-8(6-9(13)11(10)14)7-4-2-1-3-5-7/h7-11,13-14H,1-6,12H2/t8-,9-,10-,11-/m1/s1. The Labute approximate surface area is 85.3 Å². The van der Waals surface area contributed by atoms with E-state index in [0.29, 0.717) is 18.3 Å². The van der Waals surface area contributed by atoms with E-state index in [4.69, 9.17) is 5.73 Å². The summed E-state index contributed by atoms with van der Waals surface area (Å²) in [7, 11) is 0. The largest absolute Gasteiger partial charge is 0.390 e. The Balaban J connectivity index is 1.97. The molecule has 0 amide bonds. The molecule has 0 radical (unpaired) electrons. The molecule has 2 fully saturated rings. The molecule has 2 aliphatic carbocycles. The smallest absolute Gasteiger partial charge is 0.0952 e. The van der Waals surface area contributed by atoms with Gasteiger partial charge in [0.05, 0.1) is 12.2 Å². The van der Waals surface area contributed by atoms with Gasteiger partial charge in [-0.05, 0) is 18.3 Å². The predicted molar refractivity (Wildman–Crippen MR) is 54.7 cm³/mol. The molecule has 0 aromatic rings. The molecule has 0 aromatic heterocycles. The van der Waals surface area contributed by atoms with Gasteiger partial charge in [0.2, 0.25) is 0 Å². The van der Waals surface area contributed by atoms with E-state index in [9.17, 15) is 10.2 Å². The van der Waals surface area contributed by atoms with Gasteiger partial charge in [-0.2, -0.15) is 0 Å². The summed E-state index contributed by atoms with van der Waals surface area (Å²) in [4.78, 5) is 0. The molecule has 3 heteroatoms. The molecule has 4 atom stereocenters. The summed E-state index contributed by atoms with van der Waals surface area (Å²) in [5, 5.41) is 19.1. The fraction of sp³-hybridized carbons (Fsp3) is 1.00. The highest BCUT2D eigenvalue weighted by molar-refractivity contribution is 4.97. The number of aliphatic hydroxyl groups is 2. The van der Waals surface area contributed by atoms with Crippen LogP contribution in [0.15, 0.2) is 0 Å². The van der Waals surface area contributed by atoms with Crippen LogP contribution < -0.4 is 5.73 Å². The first-order valence-electron chi connectivity index (χ1n) is 5.82. The Hall–Kier alpha value is -0.120. The predicted octanol–water partition coefficient (Wildman–Crippen LogP) is 0.636. The van der Waals surface area contributed by atoms with E-state index in [1.165, 1.54) is 32.1 Å². The highest BCUT2D eigenvalue weighted by Crippen LogP contribution is 2.38. The zero-order valence-corrected chi connectivity index (χ0v) is 8.60. The lowest BCUT2D eigenvalue weighted by atomic mass is 9.78. The van der Waals surface area contributed by atoms with Crippen molar-refractivity contribution in [3.63, 3.8) is 0 Å². The van der Waals surface area contributed by atoms with E-state index in [1.54, 1.807) is 0 Å². The Kier molecular flexibility index (Phi) is 3.10. The Bertz CT molecular complexity index is 192. The van der Waals surface area contributed by atoms with Gasteiger partial charge < -0.3 is 15.9 Å². The normalized spacial score (nSPS) is 45.6. The lowest BCUT2D eigenvalue weighted by Gasteiger charge is -2.30. The number of nitrogens with two attached hydrogens (primary N) is 1. The van der Waals surface area contributed by atoms with Crippen LogP contribution in [0.4, 0.5) is 0 Å². The molecule has 0 aromatic carbocycles. The van der Waals surface area contributed by atoms with Gasteiger partial charge in [0.25, 0.3) is 0 Å². The number of hydrogen-bond donors (Lipinski definition) is 3. The monoisotopic (exact) mass is 199 g/mol. The third-order valence-electron chi connectivity index (χ3n) is 4.05. The van der Waals surface area contributed by atoms with E-state index in [2.05, 4.69) is 0 Å². The van der Waals surface area contributed by atoms with Crippen molar-refractivity contribution in [1.29, 1.82) is 0 Å². The van der Waals surface area contributed by atoms with Gasteiger partial charge in [0, 0.05) is 6.04 Å². The second-order valence-electron chi connectivity index (χ2n) is 4.93. The lowest BCUT2D eigenvalue weighted by molar-refractivity contribution is 0.0360. The minimum absolute atomic E-state index is 0.201. The van der Waals surface area contributed by atoms with E-state index in [1.807, 2.05) is 0 Å². The molecular weight excluding hydrogens is 178 g/mol. The molecule has 0 saturated heterocycles. The first-order valence-corrected chi connectivity index (χ1v) is 5.82. The van der Waals surface area contributed by atoms with Crippen molar-refractivity contribution in [3.05, 3.63) is 0 Å². The summed E-state index contributed by atoms with van der Waals surface area (Å²) >= 11 is 0. The summed E-state index contributed by atoms with van der Waals surface area (Å²) in [6.45, 7) is 0. The Morgan fingerprint density at radius 2 is 1.64 bits per heavy atom. The van der Waals surface area contributed by atoms with Gasteiger partial charge in [-0.3, -0.25) is 0 Å². The van der Waals surface area contributed by atoms with Gasteiger partial charge in [0.15, 0.2) is 0 Å². The maximum absolute atomic E-state index is 9.59. The first-order chi connectivity index (χ1) is 6.70. The van der Waals surface area contributed by atoms with Crippen LogP contribution in [0.5, 0.6) is 0 Å². The quantitative estimate of drug-likeness (QED) is 0.580. The van der Waals surface area contributed by atoms with Crippen LogP contribution in [0.3, 0.4) is 0 Å². The molecule has 14 heavy (non-hydrogen) atoms. The summed E-state index contributed by atoms with van der Waals surface area (Å²) in [6.07, 6.45) is 5.81. The van der Waals surface area contributed by atoms with Gasteiger partial charge in [-0.15, -0.1) is 0 Å². The lowest BCUT2D eigenvalue weighted by Crippen LogP contribution is -2.40. The van der Waals surface area contributed by atoms with Crippen LogP contribution in [-0.2, 0) is 0 Å². The van der Waals surface area contributed by atoms with Gasteiger partial charge in [0.1, 0.15) is 0 Å². The highest BCUT2D eigenvalue weighted by Gasteiger charge is 2.42. The van der Waals surface area contributed by atoms with Crippen LogP contribution in [0.1, 0.15) is 38.5 Å². The molecule has 0 bridgehead atoms. The van der Waals surface area contributed by atoms with Gasteiger partial charge in [-0.1, -0.05) is 32.1 Å². The molecule has 0 spiro atoms. The van der Waals surface area contributed by atoms with Crippen molar-refractivity contribution in [2.75, 3.05) is 0 Å². The maximum atomic E-state index is 9.59. The fourth-order valence-electron chi connectivity index (χ4n) is 3.15. The van der Waals surface area contributed by atoms with E-state index < -0.39 is 12.2 Å². The van der Waals surface area contributed by atoms with Gasteiger partial charge in [-0.25, -0.2) is 0 Å².